The van der Waals surface area contributed by atoms with E-state index >= 15 is 0 Å². The van der Waals surface area contributed by atoms with Crippen molar-refractivity contribution in [3.05, 3.63) is 29.8 Å². The van der Waals surface area contributed by atoms with Crippen LogP contribution in [-0.2, 0) is 9.53 Å². The highest BCUT2D eigenvalue weighted by Crippen LogP contribution is 2.14. The molecule has 0 aliphatic rings. The minimum absolute atomic E-state index is 0.0129. The Bertz CT molecular complexity index is 428. The van der Waals surface area contributed by atoms with E-state index in [1.54, 1.807) is 31.3 Å². The van der Waals surface area contributed by atoms with E-state index < -0.39 is 12.0 Å². The molecular weight excluding hydrogens is 246 g/mol. The first-order valence-electron chi connectivity index (χ1n) is 6.13. The molecular formula is C14H19NO4. The highest BCUT2D eigenvalue weighted by atomic mass is 16.5. The van der Waals surface area contributed by atoms with Crippen LogP contribution in [0, 0.1) is 0 Å². The van der Waals surface area contributed by atoms with Gasteiger partial charge in [0.05, 0.1) is 26.2 Å². The molecule has 0 spiro atoms. The van der Waals surface area contributed by atoms with Crippen molar-refractivity contribution < 1.29 is 19.1 Å². The van der Waals surface area contributed by atoms with Crippen molar-refractivity contribution in [2.24, 2.45) is 0 Å². The maximum atomic E-state index is 12.2. The molecule has 0 heterocycles. The van der Waals surface area contributed by atoms with Crippen LogP contribution in [0.5, 0.6) is 5.75 Å². The molecule has 0 saturated heterocycles. The van der Waals surface area contributed by atoms with Crippen LogP contribution in [0.4, 0.5) is 0 Å². The van der Waals surface area contributed by atoms with Gasteiger partial charge in [0.15, 0.2) is 5.78 Å². The lowest BCUT2D eigenvalue weighted by Gasteiger charge is -2.14. The monoisotopic (exact) mass is 265 g/mol. The van der Waals surface area contributed by atoms with E-state index in [1.165, 1.54) is 7.11 Å². The summed E-state index contributed by atoms with van der Waals surface area (Å²) in [5, 5.41) is 2.82. The number of hydrogen-bond donors (Lipinski definition) is 1. The Morgan fingerprint density at radius 2 is 1.89 bits per heavy atom. The Hall–Kier alpha value is -1.88. The Balaban J connectivity index is 2.76. The summed E-state index contributed by atoms with van der Waals surface area (Å²) >= 11 is 0. The first kappa shape index (κ1) is 15.2. The molecule has 1 rings (SSSR count). The molecule has 5 heteroatoms. The van der Waals surface area contributed by atoms with E-state index in [2.05, 4.69) is 10.1 Å². The normalized spacial score (nSPS) is 11.7. The molecule has 0 saturated carbocycles. The van der Waals surface area contributed by atoms with E-state index in [4.69, 9.17) is 4.74 Å². The van der Waals surface area contributed by atoms with Crippen LogP contribution in [0.15, 0.2) is 24.3 Å². The third-order valence-electron chi connectivity index (χ3n) is 2.71. The van der Waals surface area contributed by atoms with Gasteiger partial charge >= 0.3 is 5.97 Å². The van der Waals surface area contributed by atoms with E-state index in [0.717, 1.165) is 0 Å². The van der Waals surface area contributed by atoms with Crippen LogP contribution in [0.25, 0.3) is 0 Å². The summed E-state index contributed by atoms with van der Waals surface area (Å²) in [4.78, 5) is 23.4. The Morgan fingerprint density at radius 1 is 1.26 bits per heavy atom. The summed E-state index contributed by atoms with van der Waals surface area (Å²) in [7, 11) is 2.94. The molecule has 1 aromatic rings. The van der Waals surface area contributed by atoms with Gasteiger partial charge in [-0.2, -0.15) is 0 Å². The van der Waals surface area contributed by atoms with Crippen molar-refractivity contribution in [3.63, 3.8) is 0 Å². The zero-order valence-electron chi connectivity index (χ0n) is 11.4. The highest BCUT2D eigenvalue weighted by molar-refractivity contribution is 6.01. The van der Waals surface area contributed by atoms with Crippen molar-refractivity contribution >= 4 is 11.8 Å². The maximum Gasteiger partial charge on any atom is 0.307 e. The number of carbonyl (C=O) groups excluding carboxylic acids is 2. The number of ketones is 1. The SMILES string of the molecule is CCOc1ccc(C(=O)C(CC(=O)OC)NC)cc1. The zero-order chi connectivity index (χ0) is 14.3. The lowest BCUT2D eigenvalue weighted by atomic mass is 10.0. The third-order valence-corrected chi connectivity index (χ3v) is 2.71. The van der Waals surface area contributed by atoms with Crippen LogP contribution in [0.2, 0.25) is 0 Å². The average molecular weight is 265 g/mol. The Labute approximate surface area is 112 Å². The minimum atomic E-state index is -0.578. The van der Waals surface area contributed by atoms with Gasteiger partial charge in [-0.25, -0.2) is 0 Å². The van der Waals surface area contributed by atoms with Crippen molar-refractivity contribution in [1.82, 2.24) is 5.32 Å². The number of benzene rings is 1. The van der Waals surface area contributed by atoms with Gasteiger partial charge in [0.2, 0.25) is 0 Å². The van der Waals surface area contributed by atoms with Gasteiger partial charge in [-0.05, 0) is 38.2 Å². The quantitative estimate of drug-likeness (QED) is 0.596. The Kier molecular flexibility index (Phi) is 6.02. The molecule has 0 amide bonds. The van der Waals surface area contributed by atoms with Gasteiger partial charge in [-0.3, -0.25) is 9.59 Å². The van der Waals surface area contributed by atoms with Crippen LogP contribution in [0.1, 0.15) is 23.7 Å². The molecule has 0 aromatic heterocycles. The van der Waals surface area contributed by atoms with Crippen LogP contribution in [-0.4, -0.2) is 38.6 Å². The standard InChI is InChI=1S/C14H19NO4/c1-4-19-11-7-5-10(6-8-11)14(17)12(15-2)9-13(16)18-3/h5-8,12,15H,4,9H2,1-3H3. The number of nitrogens with one attached hydrogen (secondary N) is 1. The van der Waals surface area contributed by atoms with Gasteiger partial charge in [0.1, 0.15) is 5.75 Å². The fourth-order valence-corrected chi connectivity index (χ4v) is 1.66. The van der Waals surface area contributed by atoms with Crippen molar-refractivity contribution in [2.75, 3.05) is 20.8 Å². The van der Waals surface area contributed by atoms with Crippen molar-refractivity contribution in [1.29, 1.82) is 0 Å². The number of esters is 1. The van der Waals surface area contributed by atoms with Crippen molar-refractivity contribution in [3.8, 4) is 5.75 Å². The predicted molar refractivity (Wildman–Crippen MR) is 71.4 cm³/mol. The second-order valence-corrected chi connectivity index (χ2v) is 3.94. The first-order valence-corrected chi connectivity index (χ1v) is 6.13. The first-order chi connectivity index (χ1) is 9.12. The molecule has 0 aliphatic heterocycles. The smallest absolute Gasteiger partial charge is 0.307 e. The second kappa shape index (κ2) is 7.53. The van der Waals surface area contributed by atoms with Gasteiger partial charge < -0.3 is 14.8 Å². The van der Waals surface area contributed by atoms with Crippen LogP contribution < -0.4 is 10.1 Å². The molecule has 1 aromatic carbocycles. The zero-order valence-corrected chi connectivity index (χ0v) is 11.4. The summed E-state index contributed by atoms with van der Waals surface area (Å²) < 4.78 is 9.88. The number of hydrogen-bond acceptors (Lipinski definition) is 5. The number of ether oxygens (including phenoxy) is 2. The lowest BCUT2D eigenvalue weighted by molar-refractivity contribution is -0.140. The van der Waals surface area contributed by atoms with Crippen molar-refractivity contribution in [2.45, 2.75) is 19.4 Å². The van der Waals surface area contributed by atoms with Crippen LogP contribution in [0.3, 0.4) is 0 Å². The maximum absolute atomic E-state index is 12.2. The minimum Gasteiger partial charge on any atom is -0.494 e. The fourth-order valence-electron chi connectivity index (χ4n) is 1.66. The van der Waals surface area contributed by atoms with Gasteiger partial charge in [0.25, 0.3) is 0 Å². The lowest BCUT2D eigenvalue weighted by Crippen LogP contribution is -2.36. The molecule has 0 aliphatic carbocycles. The summed E-state index contributed by atoms with van der Waals surface area (Å²) in [5.74, 6) is 0.155. The molecule has 5 nitrogen and oxygen atoms in total. The molecule has 0 fully saturated rings. The fraction of sp³-hybridized carbons (Fsp3) is 0.429. The third kappa shape index (κ3) is 4.37. The molecule has 1 unspecified atom stereocenters. The average Bonchev–Trinajstić information content (AvgIpc) is 2.45. The molecule has 1 atom stereocenters. The van der Waals surface area contributed by atoms with Gasteiger partial charge in [0, 0.05) is 5.56 Å². The number of rotatable bonds is 7. The second-order valence-electron chi connectivity index (χ2n) is 3.94. The number of Topliss-reactive ketones (excluding diaryl/α,β-unsaturated/α-hetero) is 1. The largest absolute Gasteiger partial charge is 0.494 e. The van der Waals surface area contributed by atoms with E-state index in [1.807, 2.05) is 6.92 Å². The summed E-state index contributed by atoms with van der Waals surface area (Å²) in [6.07, 6.45) is 0.0129. The van der Waals surface area contributed by atoms with E-state index in [-0.39, 0.29) is 12.2 Å². The predicted octanol–water partition coefficient (Wildman–Crippen LogP) is 1.42. The summed E-state index contributed by atoms with van der Waals surface area (Å²) in [6, 6.07) is 6.28. The van der Waals surface area contributed by atoms with Crippen LogP contribution >= 0.6 is 0 Å². The van der Waals surface area contributed by atoms with Gasteiger partial charge in [-0.1, -0.05) is 0 Å². The van der Waals surface area contributed by atoms with E-state index in [0.29, 0.717) is 17.9 Å². The molecule has 1 N–H and O–H groups in total. The molecule has 0 bridgehead atoms. The number of carbonyl (C=O) groups is 2. The number of likely N-dealkylation sites (N-methyl/N-ethyl adjacent to an activating group) is 1. The molecule has 104 valence electrons. The summed E-state index contributed by atoms with van der Waals surface area (Å²) in [5.41, 5.74) is 0.534. The highest BCUT2D eigenvalue weighted by Gasteiger charge is 2.21. The molecule has 19 heavy (non-hydrogen) atoms. The Morgan fingerprint density at radius 3 is 2.37 bits per heavy atom. The van der Waals surface area contributed by atoms with E-state index in [9.17, 15) is 9.59 Å². The summed E-state index contributed by atoms with van der Waals surface area (Å²) in [6.45, 7) is 2.47. The molecule has 0 radical (unpaired) electrons. The van der Waals surface area contributed by atoms with Gasteiger partial charge in [-0.15, -0.1) is 0 Å². The topological polar surface area (TPSA) is 64.6 Å². The number of methoxy groups -OCH3 is 1.